The van der Waals surface area contributed by atoms with Gasteiger partial charge in [0.05, 0.1) is 11.1 Å². The Morgan fingerprint density at radius 3 is 2.85 bits per heavy atom. The average molecular weight is 419 g/mol. The van der Waals surface area contributed by atoms with E-state index in [1.54, 1.807) is 0 Å². The summed E-state index contributed by atoms with van der Waals surface area (Å²) in [5.41, 5.74) is 0.958. The SMILES string of the molecule is CCn1c(SCC(=O)NCC(F)(F)F)nc2sc3c(c2c1=O)CCC(C)C3. The molecule has 3 rings (SSSR count). The lowest BCUT2D eigenvalue weighted by Gasteiger charge is -2.17. The predicted octanol–water partition coefficient (Wildman–Crippen LogP) is 3.37. The van der Waals surface area contributed by atoms with E-state index in [1.165, 1.54) is 20.8 Å². The third-order valence-corrected chi connectivity index (χ3v) is 6.64. The molecule has 0 saturated heterocycles. The number of thioether (sulfide) groups is 1. The van der Waals surface area contributed by atoms with Gasteiger partial charge < -0.3 is 5.32 Å². The van der Waals surface area contributed by atoms with E-state index in [9.17, 15) is 22.8 Å². The van der Waals surface area contributed by atoms with Crippen LogP contribution in [0.2, 0.25) is 0 Å². The van der Waals surface area contributed by atoms with E-state index in [0.29, 0.717) is 27.8 Å². The molecule has 27 heavy (non-hydrogen) atoms. The first-order valence-corrected chi connectivity index (χ1v) is 10.5. The molecular formula is C17H20F3N3O2S2. The number of aryl methyl sites for hydroxylation is 1. The second-order valence-electron chi connectivity index (χ2n) is 6.66. The molecule has 1 amide bonds. The van der Waals surface area contributed by atoms with E-state index >= 15 is 0 Å². The Balaban J connectivity index is 1.86. The number of alkyl halides is 3. The van der Waals surface area contributed by atoms with Gasteiger partial charge in [-0.2, -0.15) is 13.2 Å². The quantitative estimate of drug-likeness (QED) is 0.596. The van der Waals surface area contributed by atoms with Crippen LogP contribution in [0, 0.1) is 5.92 Å². The molecule has 148 valence electrons. The Kier molecular flexibility index (Phi) is 5.85. The number of hydrogen-bond acceptors (Lipinski definition) is 5. The Morgan fingerprint density at radius 1 is 1.44 bits per heavy atom. The predicted molar refractivity (Wildman–Crippen MR) is 101 cm³/mol. The molecule has 1 aliphatic rings. The average Bonchev–Trinajstić information content (AvgIpc) is 2.95. The van der Waals surface area contributed by atoms with Crippen LogP contribution >= 0.6 is 23.1 Å². The van der Waals surface area contributed by atoms with Crippen LogP contribution in [0.3, 0.4) is 0 Å². The van der Waals surface area contributed by atoms with Gasteiger partial charge in [0, 0.05) is 11.4 Å². The van der Waals surface area contributed by atoms with E-state index in [-0.39, 0.29) is 11.3 Å². The molecule has 2 aromatic rings. The van der Waals surface area contributed by atoms with E-state index in [1.807, 2.05) is 12.2 Å². The maximum Gasteiger partial charge on any atom is 0.405 e. The van der Waals surface area contributed by atoms with Crippen LogP contribution in [0.4, 0.5) is 13.2 Å². The van der Waals surface area contributed by atoms with Gasteiger partial charge in [0.2, 0.25) is 5.91 Å². The van der Waals surface area contributed by atoms with Crippen LogP contribution in [0.1, 0.15) is 30.7 Å². The standard InChI is InChI=1S/C17H20F3N3O2S2/c1-3-23-15(25)13-10-5-4-9(2)6-11(10)27-14(13)22-16(23)26-7-12(24)21-8-17(18,19)20/h9H,3-8H2,1-2H3,(H,21,24). The molecule has 2 heterocycles. The van der Waals surface area contributed by atoms with Gasteiger partial charge in [-0.15, -0.1) is 11.3 Å². The van der Waals surface area contributed by atoms with Gasteiger partial charge in [0.1, 0.15) is 11.4 Å². The van der Waals surface area contributed by atoms with Crippen molar-refractivity contribution in [2.24, 2.45) is 5.92 Å². The fourth-order valence-electron chi connectivity index (χ4n) is 3.17. The number of hydrogen-bond donors (Lipinski definition) is 1. The highest BCUT2D eigenvalue weighted by Crippen LogP contribution is 2.36. The van der Waals surface area contributed by atoms with Crippen molar-refractivity contribution in [1.29, 1.82) is 0 Å². The largest absolute Gasteiger partial charge is 0.405 e. The van der Waals surface area contributed by atoms with Crippen molar-refractivity contribution in [2.75, 3.05) is 12.3 Å². The number of fused-ring (bicyclic) bond motifs is 3. The number of carbonyl (C=O) groups is 1. The summed E-state index contributed by atoms with van der Waals surface area (Å²) in [6, 6.07) is 0. The number of nitrogens with zero attached hydrogens (tertiary/aromatic N) is 2. The molecule has 10 heteroatoms. The van der Waals surface area contributed by atoms with E-state index in [4.69, 9.17) is 0 Å². The van der Waals surface area contributed by atoms with Gasteiger partial charge in [-0.05, 0) is 37.7 Å². The normalized spacial score (nSPS) is 17.1. The first-order valence-electron chi connectivity index (χ1n) is 8.71. The highest BCUT2D eigenvalue weighted by Gasteiger charge is 2.28. The summed E-state index contributed by atoms with van der Waals surface area (Å²) in [4.78, 5) is 31.0. The minimum atomic E-state index is -4.45. The fourth-order valence-corrected chi connectivity index (χ4v) is 5.49. The van der Waals surface area contributed by atoms with Crippen LogP contribution in [0.25, 0.3) is 10.2 Å². The minimum absolute atomic E-state index is 0.132. The Bertz CT molecular complexity index is 921. The molecule has 1 aliphatic carbocycles. The van der Waals surface area contributed by atoms with Crippen LogP contribution in [-0.4, -0.2) is 33.9 Å². The molecule has 5 nitrogen and oxygen atoms in total. The van der Waals surface area contributed by atoms with Crippen molar-refractivity contribution < 1.29 is 18.0 Å². The number of rotatable bonds is 5. The Labute approximate surface area is 162 Å². The molecule has 0 fully saturated rings. The summed E-state index contributed by atoms with van der Waals surface area (Å²) in [5.74, 6) is -0.394. The molecule has 1 unspecified atom stereocenters. The van der Waals surface area contributed by atoms with Gasteiger partial charge in [-0.1, -0.05) is 18.7 Å². The summed E-state index contributed by atoms with van der Waals surface area (Å²) in [5, 5.41) is 2.86. The highest BCUT2D eigenvalue weighted by molar-refractivity contribution is 7.99. The molecule has 0 bridgehead atoms. The van der Waals surface area contributed by atoms with Crippen molar-refractivity contribution in [3.8, 4) is 0 Å². The number of carbonyl (C=O) groups excluding carboxylic acids is 1. The monoisotopic (exact) mass is 419 g/mol. The van der Waals surface area contributed by atoms with Crippen molar-refractivity contribution >= 4 is 39.2 Å². The van der Waals surface area contributed by atoms with Gasteiger partial charge >= 0.3 is 6.18 Å². The number of aromatic nitrogens is 2. The van der Waals surface area contributed by atoms with Crippen LogP contribution < -0.4 is 10.9 Å². The third-order valence-electron chi connectivity index (χ3n) is 4.51. The zero-order chi connectivity index (χ0) is 19.8. The molecule has 0 aromatic carbocycles. The molecule has 2 aromatic heterocycles. The van der Waals surface area contributed by atoms with E-state index in [0.717, 1.165) is 36.6 Å². The fraction of sp³-hybridized carbons (Fsp3) is 0.588. The Morgan fingerprint density at radius 2 is 2.19 bits per heavy atom. The highest BCUT2D eigenvalue weighted by atomic mass is 32.2. The van der Waals surface area contributed by atoms with Crippen LogP contribution in [-0.2, 0) is 24.2 Å². The molecular weight excluding hydrogens is 399 g/mol. The number of amides is 1. The maximum absolute atomic E-state index is 13.0. The van der Waals surface area contributed by atoms with Crippen LogP contribution in [0.15, 0.2) is 9.95 Å². The second-order valence-corrected chi connectivity index (χ2v) is 8.68. The van der Waals surface area contributed by atoms with Crippen molar-refractivity contribution in [1.82, 2.24) is 14.9 Å². The van der Waals surface area contributed by atoms with E-state index in [2.05, 4.69) is 11.9 Å². The lowest BCUT2D eigenvalue weighted by molar-refractivity contribution is -0.136. The van der Waals surface area contributed by atoms with Gasteiger partial charge in [-0.25, -0.2) is 4.98 Å². The summed E-state index contributed by atoms with van der Waals surface area (Å²) in [7, 11) is 0. The molecule has 0 radical (unpaired) electrons. The van der Waals surface area contributed by atoms with Gasteiger partial charge in [-0.3, -0.25) is 14.2 Å². The van der Waals surface area contributed by atoms with Gasteiger partial charge in [0.25, 0.3) is 5.56 Å². The second kappa shape index (κ2) is 7.83. The summed E-state index contributed by atoms with van der Waals surface area (Å²) in [6.07, 6.45) is -1.61. The zero-order valence-electron chi connectivity index (χ0n) is 15.0. The minimum Gasteiger partial charge on any atom is -0.346 e. The summed E-state index contributed by atoms with van der Waals surface area (Å²) >= 11 is 2.50. The van der Waals surface area contributed by atoms with Crippen molar-refractivity contribution in [3.05, 3.63) is 20.8 Å². The molecule has 1 N–H and O–H groups in total. The lowest BCUT2D eigenvalue weighted by Crippen LogP contribution is -2.35. The smallest absolute Gasteiger partial charge is 0.346 e. The first kappa shape index (κ1) is 20.2. The molecule has 0 aliphatic heterocycles. The van der Waals surface area contributed by atoms with Crippen molar-refractivity contribution in [3.63, 3.8) is 0 Å². The molecule has 1 atom stereocenters. The lowest BCUT2D eigenvalue weighted by atomic mass is 9.89. The topological polar surface area (TPSA) is 64.0 Å². The Hall–Kier alpha value is -1.55. The van der Waals surface area contributed by atoms with Crippen LogP contribution in [0.5, 0.6) is 0 Å². The molecule has 0 saturated carbocycles. The van der Waals surface area contributed by atoms with Crippen molar-refractivity contribution in [2.45, 2.75) is 51.0 Å². The number of halogens is 3. The van der Waals surface area contributed by atoms with Gasteiger partial charge in [0.15, 0.2) is 5.16 Å². The maximum atomic E-state index is 13.0. The summed E-state index contributed by atoms with van der Waals surface area (Å²) in [6.45, 7) is 3.01. The number of nitrogens with one attached hydrogen (secondary N) is 1. The summed E-state index contributed by atoms with van der Waals surface area (Å²) < 4.78 is 38.1. The number of thiophene rings is 1. The third kappa shape index (κ3) is 4.48. The zero-order valence-corrected chi connectivity index (χ0v) is 16.6. The first-order chi connectivity index (χ1) is 12.7. The van der Waals surface area contributed by atoms with E-state index < -0.39 is 18.6 Å². The molecule has 0 spiro atoms.